The van der Waals surface area contributed by atoms with Gasteiger partial charge in [-0.05, 0) is 30.7 Å². The largest absolute Gasteiger partial charge is 0.423 e. The minimum absolute atomic E-state index is 0.0191. The summed E-state index contributed by atoms with van der Waals surface area (Å²) in [5.74, 6) is -0.144. The van der Waals surface area contributed by atoms with Crippen molar-refractivity contribution < 1.29 is 14.3 Å². The van der Waals surface area contributed by atoms with E-state index in [2.05, 4.69) is 5.32 Å². The number of hydrogen-bond donors (Lipinski definition) is 1. The first-order valence-electron chi connectivity index (χ1n) is 7.59. The topological polar surface area (TPSA) is 58.6 Å². The molecule has 1 heterocycles. The molecule has 1 amide bonds. The smallest absolute Gasteiger partial charge is 0.331 e. The molecular weight excluding hydrogens is 328 g/mol. The first kappa shape index (κ1) is 16.3. The Kier molecular flexibility index (Phi) is 4.71. The van der Waals surface area contributed by atoms with Crippen molar-refractivity contribution in [1.29, 1.82) is 0 Å². The molecular formula is C18H17ClN2O3. The van der Waals surface area contributed by atoms with E-state index in [-0.39, 0.29) is 19.0 Å². The number of nitrogens with one attached hydrogen (secondary N) is 1. The van der Waals surface area contributed by atoms with Gasteiger partial charge < -0.3 is 15.0 Å². The number of aryl methyl sites for hydroxylation is 1. The lowest BCUT2D eigenvalue weighted by Gasteiger charge is -2.29. The fourth-order valence-electron chi connectivity index (χ4n) is 2.50. The van der Waals surface area contributed by atoms with E-state index in [4.69, 9.17) is 16.3 Å². The molecule has 0 fully saturated rings. The third kappa shape index (κ3) is 3.86. The van der Waals surface area contributed by atoms with E-state index in [1.54, 1.807) is 23.1 Å². The van der Waals surface area contributed by atoms with Crippen LogP contribution in [0.25, 0.3) is 0 Å². The number of nitrogens with zero attached hydrogens (tertiary/aromatic N) is 1. The molecule has 0 saturated carbocycles. The van der Waals surface area contributed by atoms with Gasteiger partial charge in [0, 0.05) is 11.6 Å². The number of carbonyl (C=O) groups is 2. The van der Waals surface area contributed by atoms with Crippen molar-refractivity contribution in [3.8, 4) is 5.75 Å². The normalized spacial score (nSPS) is 13.2. The summed E-state index contributed by atoms with van der Waals surface area (Å²) >= 11 is 6.00. The molecule has 5 nitrogen and oxygen atoms in total. The van der Waals surface area contributed by atoms with E-state index in [9.17, 15) is 9.59 Å². The highest BCUT2D eigenvalue weighted by Gasteiger charge is 2.25. The average Bonchev–Trinajstić information content (AvgIpc) is 2.55. The standard InChI is InChI=1S/C18H17ClN2O3/c1-12-2-4-13(5-3-12)9-20-17(22)10-21-11-18(23)24-16-7-6-14(19)8-15(16)21/h2-8H,9-11H2,1H3,(H,20,22). The van der Waals surface area contributed by atoms with Gasteiger partial charge in [0.2, 0.25) is 5.91 Å². The Hall–Kier alpha value is -2.53. The van der Waals surface area contributed by atoms with Crippen LogP contribution < -0.4 is 15.0 Å². The molecule has 0 aliphatic carbocycles. The molecule has 0 atom stereocenters. The molecule has 2 aromatic rings. The van der Waals surface area contributed by atoms with Crippen LogP contribution in [0.3, 0.4) is 0 Å². The Morgan fingerprint density at radius 2 is 2.00 bits per heavy atom. The second-order valence-electron chi connectivity index (χ2n) is 5.70. The van der Waals surface area contributed by atoms with Crippen LogP contribution >= 0.6 is 11.6 Å². The van der Waals surface area contributed by atoms with Gasteiger partial charge in [-0.25, -0.2) is 4.79 Å². The Morgan fingerprint density at radius 1 is 1.25 bits per heavy atom. The molecule has 1 aliphatic heterocycles. The van der Waals surface area contributed by atoms with E-state index in [1.165, 1.54) is 5.56 Å². The zero-order valence-electron chi connectivity index (χ0n) is 13.2. The first-order valence-corrected chi connectivity index (χ1v) is 7.96. The molecule has 0 unspecified atom stereocenters. The first-order chi connectivity index (χ1) is 11.5. The maximum Gasteiger partial charge on any atom is 0.331 e. The number of fused-ring (bicyclic) bond motifs is 1. The van der Waals surface area contributed by atoms with Gasteiger partial charge in [-0.15, -0.1) is 0 Å². The van der Waals surface area contributed by atoms with Crippen LogP contribution in [-0.2, 0) is 16.1 Å². The quantitative estimate of drug-likeness (QED) is 0.684. The molecule has 6 heteroatoms. The molecule has 0 aromatic heterocycles. The fourth-order valence-corrected chi connectivity index (χ4v) is 2.66. The van der Waals surface area contributed by atoms with E-state index >= 15 is 0 Å². The Bertz CT molecular complexity index is 774. The maximum absolute atomic E-state index is 12.2. The fraction of sp³-hybridized carbons (Fsp3) is 0.222. The number of esters is 1. The van der Waals surface area contributed by atoms with Gasteiger partial charge in [-0.1, -0.05) is 41.4 Å². The highest BCUT2D eigenvalue weighted by Crippen LogP contribution is 2.34. The minimum Gasteiger partial charge on any atom is -0.423 e. The number of amides is 1. The number of benzene rings is 2. The number of ether oxygens (including phenoxy) is 1. The molecule has 2 aromatic carbocycles. The van der Waals surface area contributed by atoms with Crippen molar-refractivity contribution in [1.82, 2.24) is 5.32 Å². The lowest BCUT2D eigenvalue weighted by atomic mass is 10.1. The van der Waals surface area contributed by atoms with Crippen molar-refractivity contribution in [3.63, 3.8) is 0 Å². The van der Waals surface area contributed by atoms with Crippen LogP contribution in [0.2, 0.25) is 5.02 Å². The Balaban J connectivity index is 1.65. The van der Waals surface area contributed by atoms with Crippen LogP contribution in [0.5, 0.6) is 5.75 Å². The predicted octanol–water partition coefficient (Wildman–Crippen LogP) is 2.69. The van der Waals surface area contributed by atoms with Crippen molar-refractivity contribution >= 4 is 29.2 Å². The van der Waals surface area contributed by atoms with Gasteiger partial charge in [0.15, 0.2) is 5.75 Å². The highest BCUT2D eigenvalue weighted by atomic mass is 35.5. The summed E-state index contributed by atoms with van der Waals surface area (Å²) in [6.07, 6.45) is 0. The van der Waals surface area contributed by atoms with Crippen molar-refractivity contribution in [2.75, 3.05) is 18.0 Å². The van der Waals surface area contributed by atoms with Gasteiger partial charge in [-0.2, -0.15) is 0 Å². The van der Waals surface area contributed by atoms with Gasteiger partial charge in [0.25, 0.3) is 0 Å². The van der Waals surface area contributed by atoms with E-state index < -0.39 is 5.97 Å². The SMILES string of the molecule is Cc1ccc(CNC(=O)CN2CC(=O)Oc3ccc(Cl)cc32)cc1. The molecule has 0 bridgehead atoms. The van der Waals surface area contributed by atoms with Gasteiger partial charge >= 0.3 is 5.97 Å². The maximum atomic E-state index is 12.2. The zero-order chi connectivity index (χ0) is 17.1. The summed E-state index contributed by atoms with van der Waals surface area (Å²) < 4.78 is 5.17. The highest BCUT2D eigenvalue weighted by molar-refractivity contribution is 6.31. The van der Waals surface area contributed by atoms with Crippen molar-refractivity contribution in [2.45, 2.75) is 13.5 Å². The summed E-state index contributed by atoms with van der Waals surface area (Å²) in [4.78, 5) is 25.6. The molecule has 1 N–H and O–H groups in total. The third-order valence-corrected chi connectivity index (χ3v) is 3.99. The molecule has 0 spiro atoms. The average molecular weight is 345 g/mol. The number of hydrogen-bond acceptors (Lipinski definition) is 4. The van der Waals surface area contributed by atoms with Crippen LogP contribution in [0.15, 0.2) is 42.5 Å². The second kappa shape index (κ2) is 6.93. The Labute approximate surface area is 145 Å². The van der Waals surface area contributed by atoms with Gasteiger partial charge in [0.1, 0.15) is 6.54 Å². The summed E-state index contributed by atoms with van der Waals surface area (Å²) in [5, 5.41) is 3.39. The molecule has 0 saturated heterocycles. The summed E-state index contributed by atoms with van der Waals surface area (Å²) in [6.45, 7) is 2.54. The molecule has 24 heavy (non-hydrogen) atoms. The van der Waals surface area contributed by atoms with Crippen molar-refractivity contribution in [2.24, 2.45) is 0 Å². The molecule has 3 rings (SSSR count). The monoisotopic (exact) mass is 344 g/mol. The number of halogens is 1. The van der Waals surface area contributed by atoms with Crippen LogP contribution in [-0.4, -0.2) is 25.0 Å². The van der Waals surface area contributed by atoms with Gasteiger partial charge in [-0.3, -0.25) is 4.79 Å². The van der Waals surface area contributed by atoms with Crippen LogP contribution in [0, 0.1) is 6.92 Å². The minimum atomic E-state index is -0.392. The molecule has 0 radical (unpaired) electrons. The van der Waals surface area contributed by atoms with Crippen LogP contribution in [0.1, 0.15) is 11.1 Å². The lowest BCUT2D eigenvalue weighted by molar-refractivity contribution is -0.133. The van der Waals surface area contributed by atoms with Crippen molar-refractivity contribution in [3.05, 3.63) is 58.6 Å². The van der Waals surface area contributed by atoms with E-state index in [1.807, 2.05) is 31.2 Å². The van der Waals surface area contributed by atoms with Crippen LogP contribution in [0.4, 0.5) is 5.69 Å². The van der Waals surface area contributed by atoms with Gasteiger partial charge in [0.05, 0.1) is 12.2 Å². The molecule has 124 valence electrons. The number of rotatable bonds is 4. The van der Waals surface area contributed by atoms with E-state index in [0.29, 0.717) is 23.0 Å². The summed E-state index contributed by atoms with van der Waals surface area (Å²) in [5.41, 5.74) is 2.84. The summed E-state index contributed by atoms with van der Waals surface area (Å²) in [7, 11) is 0. The predicted molar refractivity (Wildman–Crippen MR) is 92.3 cm³/mol. The zero-order valence-corrected chi connectivity index (χ0v) is 14.0. The third-order valence-electron chi connectivity index (χ3n) is 3.75. The lowest BCUT2D eigenvalue weighted by Crippen LogP contribution is -2.43. The molecule has 1 aliphatic rings. The number of anilines is 1. The Morgan fingerprint density at radius 3 is 2.75 bits per heavy atom. The second-order valence-corrected chi connectivity index (χ2v) is 6.14. The van der Waals surface area contributed by atoms with E-state index in [0.717, 1.165) is 5.56 Å². The number of carbonyl (C=O) groups excluding carboxylic acids is 2. The summed E-state index contributed by atoms with van der Waals surface area (Å²) in [6, 6.07) is 12.9.